The van der Waals surface area contributed by atoms with Crippen LogP contribution in [0.2, 0.25) is 0 Å². The van der Waals surface area contributed by atoms with E-state index in [0.29, 0.717) is 30.0 Å². The van der Waals surface area contributed by atoms with Crippen LogP contribution in [-0.4, -0.2) is 34.3 Å². The van der Waals surface area contributed by atoms with Crippen LogP contribution in [0.25, 0.3) is 0 Å². The van der Waals surface area contributed by atoms with Crippen molar-refractivity contribution < 1.29 is 26.0 Å². The van der Waals surface area contributed by atoms with Gasteiger partial charge in [0.1, 0.15) is 11.6 Å². The fourth-order valence-corrected chi connectivity index (χ4v) is 6.12. The van der Waals surface area contributed by atoms with Gasteiger partial charge in [0.15, 0.2) is 0 Å². The van der Waals surface area contributed by atoms with E-state index in [1.807, 2.05) is 6.92 Å². The highest BCUT2D eigenvalue weighted by atomic mass is 32.2. The van der Waals surface area contributed by atoms with Crippen molar-refractivity contribution in [2.75, 3.05) is 17.9 Å². The Morgan fingerprint density at radius 2 is 1.58 bits per heavy atom. The molecule has 4 rings (SSSR count). The second-order valence-corrected chi connectivity index (χ2v) is 11.2. The predicted octanol–water partition coefficient (Wildman–Crippen LogP) is 3.77. The summed E-state index contributed by atoms with van der Waals surface area (Å²) in [4.78, 5) is 0.101. The van der Waals surface area contributed by atoms with Gasteiger partial charge in [-0.05, 0) is 85.1 Å². The fourth-order valence-electron chi connectivity index (χ4n) is 3.65. The second-order valence-electron chi connectivity index (χ2n) is 7.54. The number of ether oxygens (including phenoxy) is 1. The average molecular weight is 491 g/mol. The molecule has 0 saturated carbocycles. The van der Waals surface area contributed by atoms with E-state index in [-0.39, 0.29) is 22.9 Å². The highest BCUT2D eigenvalue weighted by Gasteiger charge is 2.28. The molecule has 1 aliphatic rings. The van der Waals surface area contributed by atoms with Gasteiger partial charge in [0, 0.05) is 18.8 Å². The van der Waals surface area contributed by atoms with Crippen LogP contribution in [0, 0.1) is 5.82 Å². The molecule has 0 atom stereocenters. The molecule has 1 aliphatic heterocycles. The fraction of sp³-hybridized carbons (Fsp3) is 0.217. The van der Waals surface area contributed by atoms with E-state index in [4.69, 9.17) is 4.74 Å². The Balaban J connectivity index is 1.54. The molecule has 3 aromatic carbocycles. The van der Waals surface area contributed by atoms with Crippen LogP contribution in [0.5, 0.6) is 5.75 Å². The summed E-state index contributed by atoms with van der Waals surface area (Å²) in [6.45, 7) is 2.69. The molecular weight excluding hydrogens is 467 g/mol. The molecular formula is C23H23FN2O5S2. The van der Waals surface area contributed by atoms with Crippen molar-refractivity contribution in [2.45, 2.75) is 29.7 Å². The number of fused-ring (bicyclic) bond motifs is 1. The Morgan fingerprint density at radius 1 is 0.909 bits per heavy atom. The third kappa shape index (κ3) is 5.02. The lowest BCUT2D eigenvalue weighted by molar-refractivity contribution is 0.340. The Bertz CT molecular complexity index is 1360. The zero-order valence-corrected chi connectivity index (χ0v) is 19.5. The van der Waals surface area contributed by atoms with Crippen LogP contribution < -0.4 is 9.46 Å². The van der Waals surface area contributed by atoms with Gasteiger partial charge in [-0.3, -0.25) is 4.72 Å². The average Bonchev–Trinajstić information content (AvgIpc) is 2.79. The second kappa shape index (κ2) is 9.12. The molecule has 7 nitrogen and oxygen atoms in total. The molecule has 174 valence electrons. The van der Waals surface area contributed by atoms with Gasteiger partial charge in [0.25, 0.3) is 10.0 Å². The van der Waals surface area contributed by atoms with Gasteiger partial charge < -0.3 is 4.74 Å². The van der Waals surface area contributed by atoms with Crippen LogP contribution in [-0.2, 0) is 33.0 Å². The first-order valence-electron chi connectivity index (χ1n) is 10.3. The minimum absolute atomic E-state index is 0.0136. The number of anilines is 1. The summed E-state index contributed by atoms with van der Waals surface area (Å²) in [5.41, 5.74) is 1.99. The van der Waals surface area contributed by atoms with Gasteiger partial charge in [0.2, 0.25) is 10.0 Å². The van der Waals surface area contributed by atoms with Gasteiger partial charge in [0.05, 0.1) is 16.4 Å². The van der Waals surface area contributed by atoms with Crippen molar-refractivity contribution in [1.82, 2.24) is 4.31 Å². The molecule has 0 aromatic heterocycles. The lowest BCUT2D eigenvalue weighted by Gasteiger charge is -2.28. The summed E-state index contributed by atoms with van der Waals surface area (Å²) in [7, 11) is -7.64. The van der Waals surface area contributed by atoms with Gasteiger partial charge in [-0.15, -0.1) is 0 Å². The minimum atomic E-state index is -3.83. The van der Waals surface area contributed by atoms with Crippen LogP contribution in [0.15, 0.2) is 76.5 Å². The number of benzene rings is 3. The summed E-state index contributed by atoms with van der Waals surface area (Å²) in [6, 6.07) is 15.9. The van der Waals surface area contributed by atoms with Crippen LogP contribution in [0.4, 0.5) is 10.1 Å². The molecule has 0 bridgehead atoms. The SMILES string of the molecule is CCOc1ccc(S(=O)(=O)Nc2ccc3c(c2)CN(S(=O)(=O)c2ccc(F)cc2)CC3)cc1. The van der Waals surface area contributed by atoms with Crippen LogP contribution in [0.3, 0.4) is 0 Å². The highest BCUT2D eigenvalue weighted by Crippen LogP contribution is 2.28. The Morgan fingerprint density at radius 3 is 2.24 bits per heavy atom. The van der Waals surface area contributed by atoms with Crippen molar-refractivity contribution in [3.63, 3.8) is 0 Å². The summed E-state index contributed by atoms with van der Waals surface area (Å²) in [6.07, 6.45) is 0.488. The number of rotatable bonds is 7. The minimum Gasteiger partial charge on any atom is -0.494 e. The number of hydrogen-bond acceptors (Lipinski definition) is 5. The third-order valence-corrected chi connectivity index (χ3v) is 8.59. The van der Waals surface area contributed by atoms with Crippen LogP contribution >= 0.6 is 0 Å². The molecule has 10 heteroatoms. The van der Waals surface area contributed by atoms with Crippen molar-refractivity contribution in [2.24, 2.45) is 0 Å². The van der Waals surface area contributed by atoms with E-state index in [9.17, 15) is 21.2 Å². The maximum atomic E-state index is 13.2. The third-order valence-electron chi connectivity index (χ3n) is 5.33. The maximum Gasteiger partial charge on any atom is 0.261 e. The lowest BCUT2D eigenvalue weighted by Crippen LogP contribution is -2.36. The Kier molecular flexibility index (Phi) is 6.42. The van der Waals surface area contributed by atoms with Crippen molar-refractivity contribution >= 4 is 25.7 Å². The number of nitrogens with zero attached hydrogens (tertiary/aromatic N) is 1. The zero-order valence-electron chi connectivity index (χ0n) is 17.9. The van der Waals surface area contributed by atoms with Crippen molar-refractivity contribution in [3.8, 4) is 5.75 Å². The largest absolute Gasteiger partial charge is 0.494 e. The van der Waals surface area contributed by atoms with Gasteiger partial charge in [-0.25, -0.2) is 21.2 Å². The summed E-state index contributed by atoms with van der Waals surface area (Å²) < 4.78 is 73.9. The number of hydrogen-bond donors (Lipinski definition) is 1. The van der Waals surface area contributed by atoms with Crippen molar-refractivity contribution in [3.05, 3.63) is 83.7 Å². The molecule has 0 saturated heterocycles. The monoisotopic (exact) mass is 490 g/mol. The topological polar surface area (TPSA) is 92.8 Å². The molecule has 0 radical (unpaired) electrons. The van der Waals surface area contributed by atoms with E-state index >= 15 is 0 Å². The van der Waals surface area contributed by atoms with E-state index in [2.05, 4.69) is 4.72 Å². The Hall–Kier alpha value is -2.95. The van der Waals surface area contributed by atoms with E-state index < -0.39 is 25.9 Å². The highest BCUT2D eigenvalue weighted by molar-refractivity contribution is 7.92. The van der Waals surface area contributed by atoms with E-state index in [1.165, 1.54) is 28.6 Å². The number of nitrogens with one attached hydrogen (secondary N) is 1. The van der Waals surface area contributed by atoms with Crippen LogP contribution in [0.1, 0.15) is 18.1 Å². The van der Waals surface area contributed by atoms with Gasteiger partial charge in [-0.2, -0.15) is 4.31 Å². The first kappa shape index (κ1) is 23.2. The maximum absolute atomic E-state index is 13.2. The van der Waals surface area contributed by atoms with Crippen molar-refractivity contribution in [1.29, 1.82) is 0 Å². The smallest absolute Gasteiger partial charge is 0.261 e. The molecule has 0 unspecified atom stereocenters. The molecule has 0 aliphatic carbocycles. The molecule has 0 amide bonds. The first-order valence-corrected chi connectivity index (χ1v) is 13.2. The molecule has 33 heavy (non-hydrogen) atoms. The normalized spacial score (nSPS) is 14.5. The molecule has 1 heterocycles. The number of halogens is 1. The Labute approximate surface area is 192 Å². The van der Waals surface area contributed by atoms with Gasteiger partial charge >= 0.3 is 0 Å². The molecule has 0 spiro atoms. The number of sulfonamides is 2. The first-order chi connectivity index (χ1) is 15.7. The summed E-state index contributed by atoms with van der Waals surface area (Å²) >= 11 is 0. The zero-order chi connectivity index (χ0) is 23.6. The molecule has 1 N–H and O–H groups in total. The molecule has 3 aromatic rings. The van der Waals surface area contributed by atoms with Gasteiger partial charge in [-0.1, -0.05) is 6.07 Å². The standard InChI is InChI=1S/C23H23FN2O5S2/c1-2-31-21-7-11-22(12-8-21)32(27,28)25-20-6-3-17-13-14-26(16-18(17)15-20)33(29,30)23-9-4-19(24)5-10-23/h3-12,15,25H,2,13-14,16H2,1H3. The lowest BCUT2D eigenvalue weighted by atomic mass is 10.0. The van der Waals surface area contributed by atoms with E-state index in [0.717, 1.165) is 17.7 Å². The predicted molar refractivity (Wildman–Crippen MR) is 123 cm³/mol. The summed E-state index contributed by atoms with van der Waals surface area (Å²) in [5, 5.41) is 0. The summed E-state index contributed by atoms with van der Waals surface area (Å²) in [5.74, 6) is 0.0649. The van der Waals surface area contributed by atoms with E-state index in [1.54, 1.807) is 30.3 Å². The molecule has 0 fully saturated rings. The quantitative estimate of drug-likeness (QED) is 0.544.